The van der Waals surface area contributed by atoms with Gasteiger partial charge < -0.3 is 9.26 Å². The minimum Gasteiger partial charge on any atom is -0.501 e. The van der Waals surface area contributed by atoms with Crippen molar-refractivity contribution >= 4 is 14.5 Å². The van der Waals surface area contributed by atoms with E-state index in [1.807, 2.05) is 0 Å². The molecule has 1 rings (SSSR count). The summed E-state index contributed by atoms with van der Waals surface area (Å²) in [6.07, 6.45) is 2.73. The lowest BCUT2D eigenvalue weighted by Gasteiger charge is -2.13. The maximum Gasteiger partial charge on any atom is 0.457 e. The molecule has 3 heteroatoms. The summed E-state index contributed by atoms with van der Waals surface area (Å²) in [5.41, 5.74) is 0. The van der Waals surface area contributed by atoms with Crippen molar-refractivity contribution in [1.82, 2.24) is 0 Å². The van der Waals surface area contributed by atoms with Crippen molar-refractivity contribution in [2.24, 2.45) is 0 Å². The fraction of sp³-hybridized carbons (Fsp3) is 1.00. The van der Waals surface area contributed by atoms with E-state index in [2.05, 4.69) is 5.79 Å². The van der Waals surface area contributed by atoms with E-state index in [9.17, 15) is 0 Å². The average molecular weight is 132 g/mol. The van der Waals surface area contributed by atoms with Crippen molar-refractivity contribution in [3.8, 4) is 0 Å². The van der Waals surface area contributed by atoms with Crippen molar-refractivity contribution in [2.75, 3.05) is 6.61 Å². The summed E-state index contributed by atoms with van der Waals surface area (Å²) < 4.78 is 5.42. The van der Waals surface area contributed by atoms with Gasteiger partial charge in [-0.05, 0) is 6.42 Å². The van der Waals surface area contributed by atoms with E-state index in [1.165, 1.54) is 18.1 Å². The van der Waals surface area contributed by atoms with Crippen molar-refractivity contribution < 1.29 is 9.26 Å². The van der Waals surface area contributed by atoms with Crippen LogP contribution in [0.5, 0.6) is 0 Å². The predicted molar refractivity (Wildman–Crippen MR) is 35.2 cm³/mol. The van der Waals surface area contributed by atoms with Crippen LogP contribution in [0.4, 0.5) is 0 Å². The van der Waals surface area contributed by atoms with E-state index in [0.29, 0.717) is 0 Å². The third-order valence-corrected chi connectivity index (χ3v) is 3.43. The van der Waals surface area contributed by atoms with Gasteiger partial charge >= 0.3 is 14.5 Å². The molecule has 0 aliphatic carbocycles. The van der Waals surface area contributed by atoms with Gasteiger partial charge in [0.1, 0.15) is 0 Å². The SMILES string of the molecule is O.[CH3][Al]1[CH2]CCC[O]1. The van der Waals surface area contributed by atoms with Crippen LogP contribution in [0.25, 0.3) is 0 Å². The smallest absolute Gasteiger partial charge is 0.457 e. The van der Waals surface area contributed by atoms with Crippen LogP contribution in [-0.4, -0.2) is 26.6 Å². The Morgan fingerprint density at radius 2 is 2.12 bits per heavy atom. The van der Waals surface area contributed by atoms with Crippen LogP contribution in [0.1, 0.15) is 12.8 Å². The Morgan fingerprint density at radius 1 is 1.38 bits per heavy atom. The lowest BCUT2D eigenvalue weighted by Crippen LogP contribution is -2.18. The quantitative estimate of drug-likeness (QED) is 0.445. The molecule has 1 heterocycles. The highest BCUT2D eigenvalue weighted by Crippen LogP contribution is 2.09. The summed E-state index contributed by atoms with van der Waals surface area (Å²) in [7, 11) is 0. The van der Waals surface area contributed by atoms with Crippen LogP contribution in [-0.2, 0) is 3.79 Å². The van der Waals surface area contributed by atoms with Crippen LogP contribution in [0.3, 0.4) is 0 Å². The first-order chi connectivity index (χ1) is 3.39. The molecule has 0 aromatic rings. The minimum atomic E-state index is -0.595. The van der Waals surface area contributed by atoms with E-state index < -0.39 is 14.5 Å². The highest BCUT2D eigenvalue weighted by molar-refractivity contribution is 6.50. The first-order valence-corrected chi connectivity index (χ1v) is 5.45. The van der Waals surface area contributed by atoms with Gasteiger partial charge in [-0.2, -0.15) is 0 Å². The zero-order valence-electron chi connectivity index (χ0n) is 5.31. The molecule has 0 aromatic carbocycles. The lowest BCUT2D eigenvalue weighted by atomic mass is 10.4. The Hall–Kier alpha value is 0.452. The summed E-state index contributed by atoms with van der Waals surface area (Å²) in [5.74, 6) is 2.28. The van der Waals surface area contributed by atoms with Crippen LogP contribution in [0.2, 0.25) is 11.1 Å². The predicted octanol–water partition coefficient (Wildman–Crippen LogP) is 0.593. The first-order valence-electron chi connectivity index (χ1n) is 3.01. The van der Waals surface area contributed by atoms with Gasteiger partial charge in [0, 0.05) is 6.61 Å². The van der Waals surface area contributed by atoms with Gasteiger partial charge in [-0.1, -0.05) is 17.5 Å². The molecule has 0 aromatic heterocycles. The molecule has 1 fully saturated rings. The molecule has 0 saturated carbocycles. The van der Waals surface area contributed by atoms with Crippen LogP contribution in [0, 0.1) is 0 Å². The average Bonchev–Trinajstić information content (AvgIpc) is 1.69. The highest BCUT2D eigenvalue weighted by Gasteiger charge is 2.15. The molecule has 0 spiro atoms. The third-order valence-electron chi connectivity index (χ3n) is 1.41. The first kappa shape index (κ1) is 8.45. The summed E-state index contributed by atoms with van der Waals surface area (Å²) in [6.45, 7) is 1.05. The molecule has 1 saturated heterocycles. The molecule has 1 aliphatic heterocycles. The third kappa shape index (κ3) is 2.69. The molecular formula is C5H13AlO2. The Bertz CT molecular complexity index is 52.4. The molecule has 0 atom stereocenters. The van der Waals surface area contributed by atoms with Crippen LogP contribution < -0.4 is 0 Å². The van der Waals surface area contributed by atoms with Crippen molar-refractivity contribution in [3.05, 3.63) is 0 Å². The van der Waals surface area contributed by atoms with E-state index >= 15 is 0 Å². The number of hydrogen-bond acceptors (Lipinski definition) is 1. The van der Waals surface area contributed by atoms with E-state index in [4.69, 9.17) is 3.79 Å². The van der Waals surface area contributed by atoms with Crippen LogP contribution in [0.15, 0.2) is 0 Å². The monoisotopic (exact) mass is 132 g/mol. The molecule has 0 unspecified atom stereocenters. The zero-order chi connectivity index (χ0) is 5.11. The fourth-order valence-electron chi connectivity index (χ4n) is 0.902. The molecule has 2 N–H and O–H groups in total. The molecule has 2 nitrogen and oxygen atoms in total. The second-order valence-corrected chi connectivity index (χ2v) is 4.71. The second-order valence-electron chi connectivity index (χ2n) is 2.18. The van der Waals surface area contributed by atoms with Crippen molar-refractivity contribution in [2.45, 2.75) is 23.9 Å². The Labute approximate surface area is 54.9 Å². The van der Waals surface area contributed by atoms with Gasteiger partial charge in [0.2, 0.25) is 0 Å². The molecule has 8 heavy (non-hydrogen) atoms. The molecule has 48 valence electrons. The van der Waals surface area contributed by atoms with E-state index in [-0.39, 0.29) is 5.48 Å². The molecule has 1 aliphatic rings. The van der Waals surface area contributed by atoms with Gasteiger partial charge in [-0.3, -0.25) is 0 Å². The van der Waals surface area contributed by atoms with Crippen molar-refractivity contribution in [1.29, 1.82) is 0 Å². The minimum absolute atomic E-state index is 0. The molecule has 0 bridgehead atoms. The van der Waals surface area contributed by atoms with E-state index in [0.717, 1.165) is 6.61 Å². The Morgan fingerprint density at radius 3 is 2.38 bits per heavy atom. The Kier molecular flexibility index (Phi) is 4.59. The number of rotatable bonds is 0. The van der Waals surface area contributed by atoms with Gasteiger partial charge in [0.05, 0.1) is 0 Å². The van der Waals surface area contributed by atoms with E-state index in [1.54, 1.807) is 0 Å². The number of hydrogen-bond donors (Lipinski definition) is 0. The highest BCUT2D eigenvalue weighted by atomic mass is 27.2. The standard InChI is InChI=1S/C4H8O.CH3.Al.H2O/c1-2-3-4-5;;;/h1-4H2;1H3;;1H2/q-1;;+1;. The normalized spacial score (nSPS) is 19.9. The van der Waals surface area contributed by atoms with Gasteiger partial charge in [-0.25, -0.2) is 0 Å². The Balaban J connectivity index is 0.000000490. The molecular weight excluding hydrogens is 119 g/mol. The van der Waals surface area contributed by atoms with Gasteiger partial charge in [0.25, 0.3) is 0 Å². The summed E-state index contributed by atoms with van der Waals surface area (Å²) in [4.78, 5) is 0. The van der Waals surface area contributed by atoms with Gasteiger partial charge in [-0.15, -0.1) is 0 Å². The largest absolute Gasteiger partial charge is 0.501 e. The molecule has 0 radical (unpaired) electrons. The summed E-state index contributed by atoms with van der Waals surface area (Å²) >= 11 is -0.595. The second kappa shape index (κ2) is 4.34. The topological polar surface area (TPSA) is 40.7 Å². The van der Waals surface area contributed by atoms with Crippen molar-refractivity contribution in [3.63, 3.8) is 0 Å². The summed E-state index contributed by atoms with van der Waals surface area (Å²) in [5, 5.41) is 1.40. The maximum atomic E-state index is 5.42. The molecule has 0 amide bonds. The summed E-state index contributed by atoms with van der Waals surface area (Å²) in [6, 6.07) is 0. The van der Waals surface area contributed by atoms with Gasteiger partial charge in [0.15, 0.2) is 0 Å². The fourth-order valence-corrected chi connectivity index (χ4v) is 2.50. The zero-order valence-corrected chi connectivity index (χ0v) is 6.47. The lowest BCUT2D eigenvalue weighted by molar-refractivity contribution is 0.291. The van der Waals surface area contributed by atoms with Crippen LogP contribution >= 0.6 is 0 Å². The maximum absolute atomic E-state index is 5.42.